The van der Waals surface area contributed by atoms with Crippen molar-refractivity contribution < 1.29 is 22.7 Å². The third-order valence-corrected chi connectivity index (χ3v) is 1.97. The molecule has 0 unspecified atom stereocenters. The van der Waals surface area contributed by atoms with Crippen LogP contribution in [0.25, 0.3) is 0 Å². The molecule has 0 spiro atoms. The van der Waals surface area contributed by atoms with Gasteiger partial charge in [0.25, 0.3) is 6.43 Å². The van der Waals surface area contributed by atoms with E-state index in [1.165, 1.54) is 6.92 Å². The Hall–Kier alpha value is -1.59. The van der Waals surface area contributed by atoms with E-state index in [0.717, 1.165) is 6.07 Å². The van der Waals surface area contributed by atoms with Gasteiger partial charge in [-0.05, 0) is 19.9 Å². The first-order chi connectivity index (χ1) is 7.47. The van der Waals surface area contributed by atoms with Gasteiger partial charge in [0.05, 0.1) is 6.61 Å². The van der Waals surface area contributed by atoms with E-state index in [2.05, 4.69) is 9.72 Å². The first kappa shape index (κ1) is 12.5. The highest BCUT2D eigenvalue weighted by Crippen LogP contribution is 2.24. The number of esters is 1. The molecule has 3 nitrogen and oxygen atoms in total. The molecule has 88 valence electrons. The number of alkyl halides is 2. The molecule has 0 aliphatic rings. The number of carbonyl (C=O) groups excluding carboxylic acids is 1. The largest absolute Gasteiger partial charge is 0.461 e. The lowest BCUT2D eigenvalue weighted by Crippen LogP contribution is -2.10. The van der Waals surface area contributed by atoms with Gasteiger partial charge >= 0.3 is 5.97 Å². The molecule has 0 aliphatic heterocycles. The summed E-state index contributed by atoms with van der Waals surface area (Å²) < 4.78 is 42.7. The lowest BCUT2D eigenvalue weighted by molar-refractivity contribution is 0.0517. The van der Waals surface area contributed by atoms with Gasteiger partial charge in [0.1, 0.15) is 0 Å². The fourth-order valence-electron chi connectivity index (χ4n) is 1.13. The Labute approximate surface area is 90.2 Å². The molecule has 0 aromatic carbocycles. The molecule has 0 saturated carbocycles. The highest BCUT2D eigenvalue weighted by Gasteiger charge is 2.19. The summed E-state index contributed by atoms with van der Waals surface area (Å²) in [7, 11) is 0. The first-order valence-electron chi connectivity index (χ1n) is 4.59. The van der Waals surface area contributed by atoms with Crippen molar-refractivity contribution in [3.8, 4) is 0 Å². The van der Waals surface area contributed by atoms with Crippen LogP contribution >= 0.6 is 0 Å². The summed E-state index contributed by atoms with van der Waals surface area (Å²) in [6.45, 7) is 2.80. The number of hydrogen-bond acceptors (Lipinski definition) is 3. The molecule has 0 saturated heterocycles. The minimum atomic E-state index is -2.86. The van der Waals surface area contributed by atoms with Gasteiger partial charge in [0.2, 0.25) is 5.95 Å². The molecular formula is C10H10F3NO2. The molecule has 1 aromatic heterocycles. The Morgan fingerprint density at radius 2 is 2.19 bits per heavy atom. The fraction of sp³-hybridized carbons (Fsp3) is 0.400. The maximum absolute atomic E-state index is 13.1. The number of rotatable bonds is 3. The second kappa shape index (κ2) is 4.96. The summed E-state index contributed by atoms with van der Waals surface area (Å²) in [5, 5.41) is 0. The second-order valence-electron chi connectivity index (χ2n) is 3.03. The minimum Gasteiger partial charge on any atom is -0.461 e. The third kappa shape index (κ3) is 2.50. The van der Waals surface area contributed by atoms with Gasteiger partial charge in [-0.15, -0.1) is 0 Å². The molecule has 1 rings (SSSR count). The quantitative estimate of drug-likeness (QED) is 0.595. The highest BCUT2D eigenvalue weighted by molar-refractivity contribution is 5.87. The Bertz CT molecular complexity index is 407. The van der Waals surface area contributed by atoms with Crippen molar-refractivity contribution in [1.82, 2.24) is 4.98 Å². The van der Waals surface area contributed by atoms with E-state index < -0.39 is 29.6 Å². The predicted molar refractivity (Wildman–Crippen MR) is 49.8 cm³/mol. The van der Waals surface area contributed by atoms with E-state index in [0.29, 0.717) is 0 Å². The number of aromatic nitrogens is 1. The molecule has 0 N–H and O–H groups in total. The predicted octanol–water partition coefficient (Wildman–Crippen LogP) is 2.64. The Balaban J connectivity index is 3.18. The average Bonchev–Trinajstić information content (AvgIpc) is 2.21. The van der Waals surface area contributed by atoms with Gasteiger partial charge in [-0.2, -0.15) is 4.39 Å². The topological polar surface area (TPSA) is 39.2 Å². The van der Waals surface area contributed by atoms with Crippen LogP contribution in [0.2, 0.25) is 0 Å². The van der Waals surface area contributed by atoms with E-state index in [1.54, 1.807) is 6.92 Å². The summed E-state index contributed by atoms with van der Waals surface area (Å²) in [5.74, 6) is -2.00. The summed E-state index contributed by atoms with van der Waals surface area (Å²) in [4.78, 5) is 14.4. The zero-order chi connectivity index (χ0) is 12.3. The number of ether oxygens (including phenoxy) is 1. The average molecular weight is 233 g/mol. The molecular weight excluding hydrogens is 223 g/mol. The summed E-state index contributed by atoms with van der Waals surface area (Å²) in [6, 6.07) is 0.848. The molecule has 0 fully saturated rings. The second-order valence-corrected chi connectivity index (χ2v) is 3.03. The molecule has 0 atom stereocenters. The van der Waals surface area contributed by atoms with Crippen LogP contribution in [0.1, 0.15) is 35.0 Å². The maximum Gasteiger partial charge on any atom is 0.357 e. The summed E-state index contributed by atoms with van der Waals surface area (Å²) in [5.41, 5.74) is -1.25. The lowest BCUT2D eigenvalue weighted by Gasteiger charge is -2.07. The number of halogens is 3. The maximum atomic E-state index is 13.1. The van der Waals surface area contributed by atoms with E-state index in [1.807, 2.05) is 0 Å². The standard InChI is InChI=1S/C10H10F3NO2/c1-3-16-10(15)7-4-6(8(11)12)5(2)9(13)14-7/h4,8H,3H2,1-2H3. The van der Waals surface area contributed by atoms with Crippen LogP contribution in [0.3, 0.4) is 0 Å². The van der Waals surface area contributed by atoms with Gasteiger partial charge in [0.15, 0.2) is 5.69 Å². The SMILES string of the molecule is CCOC(=O)c1cc(C(F)F)c(C)c(F)n1. The van der Waals surface area contributed by atoms with Crippen molar-refractivity contribution >= 4 is 5.97 Å². The minimum absolute atomic E-state index is 0.0695. The van der Waals surface area contributed by atoms with Crippen molar-refractivity contribution in [3.05, 3.63) is 28.8 Å². The van der Waals surface area contributed by atoms with Crippen molar-refractivity contribution in [1.29, 1.82) is 0 Å². The first-order valence-corrected chi connectivity index (χ1v) is 4.59. The van der Waals surface area contributed by atoms with Crippen molar-refractivity contribution in [2.24, 2.45) is 0 Å². The molecule has 0 amide bonds. The molecule has 0 aliphatic carbocycles. The van der Waals surface area contributed by atoms with Crippen LogP contribution in [-0.2, 0) is 4.74 Å². The number of nitrogens with zero attached hydrogens (tertiary/aromatic N) is 1. The van der Waals surface area contributed by atoms with E-state index in [9.17, 15) is 18.0 Å². The molecule has 6 heteroatoms. The van der Waals surface area contributed by atoms with Gasteiger partial charge in [-0.1, -0.05) is 0 Å². The van der Waals surface area contributed by atoms with Gasteiger partial charge in [0, 0.05) is 11.1 Å². The smallest absolute Gasteiger partial charge is 0.357 e. The Morgan fingerprint density at radius 3 is 2.69 bits per heavy atom. The van der Waals surface area contributed by atoms with Crippen molar-refractivity contribution in [2.75, 3.05) is 6.61 Å². The van der Waals surface area contributed by atoms with Gasteiger partial charge in [-0.3, -0.25) is 0 Å². The number of pyridine rings is 1. The zero-order valence-corrected chi connectivity index (χ0v) is 8.76. The summed E-state index contributed by atoms with van der Waals surface area (Å²) >= 11 is 0. The fourth-order valence-corrected chi connectivity index (χ4v) is 1.13. The molecule has 1 aromatic rings. The van der Waals surface area contributed by atoms with Crippen molar-refractivity contribution in [2.45, 2.75) is 20.3 Å². The van der Waals surface area contributed by atoms with Crippen LogP contribution in [0.15, 0.2) is 6.07 Å². The molecule has 0 radical (unpaired) electrons. The Morgan fingerprint density at radius 1 is 1.56 bits per heavy atom. The van der Waals surface area contributed by atoms with Crippen LogP contribution in [-0.4, -0.2) is 17.6 Å². The van der Waals surface area contributed by atoms with Gasteiger partial charge in [-0.25, -0.2) is 18.6 Å². The van der Waals surface area contributed by atoms with E-state index in [4.69, 9.17) is 0 Å². The van der Waals surface area contributed by atoms with Crippen LogP contribution in [0.5, 0.6) is 0 Å². The van der Waals surface area contributed by atoms with E-state index in [-0.39, 0.29) is 12.2 Å². The summed E-state index contributed by atoms with van der Waals surface area (Å²) in [6.07, 6.45) is -2.86. The molecule has 1 heterocycles. The Kier molecular flexibility index (Phi) is 3.87. The van der Waals surface area contributed by atoms with Crippen LogP contribution in [0.4, 0.5) is 13.2 Å². The van der Waals surface area contributed by atoms with Crippen LogP contribution < -0.4 is 0 Å². The third-order valence-electron chi connectivity index (χ3n) is 1.97. The molecule has 0 bridgehead atoms. The molecule has 16 heavy (non-hydrogen) atoms. The number of hydrogen-bond donors (Lipinski definition) is 0. The highest BCUT2D eigenvalue weighted by atomic mass is 19.3. The van der Waals surface area contributed by atoms with Crippen molar-refractivity contribution in [3.63, 3.8) is 0 Å². The number of carbonyl (C=O) groups is 1. The van der Waals surface area contributed by atoms with E-state index >= 15 is 0 Å². The lowest BCUT2D eigenvalue weighted by atomic mass is 10.1. The normalized spacial score (nSPS) is 10.6. The van der Waals surface area contributed by atoms with Crippen LogP contribution in [0, 0.1) is 12.9 Å². The van der Waals surface area contributed by atoms with Gasteiger partial charge < -0.3 is 4.74 Å². The monoisotopic (exact) mass is 233 g/mol. The zero-order valence-electron chi connectivity index (χ0n) is 8.76.